The molecule has 3 aromatic carbocycles. The van der Waals surface area contributed by atoms with Crippen LogP contribution in [0.5, 0.6) is 17.2 Å². The van der Waals surface area contributed by atoms with Crippen molar-refractivity contribution >= 4 is 25.0 Å². The molecule has 0 aliphatic rings. The third-order valence-corrected chi connectivity index (χ3v) is 4.70. The first-order chi connectivity index (χ1) is 15.6. The second-order valence-corrected chi connectivity index (χ2v) is 7.10. The second kappa shape index (κ2) is 11.8. The highest BCUT2D eigenvalue weighted by atomic mass is 32.1. The second-order valence-electron chi connectivity index (χ2n) is 6.88. The number of rotatable bonds is 11. The molecule has 0 radical (unpaired) electrons. The van der Waals surface area contributed by atoms with Gasteiger partial charge in [-0.15, -0.1) is 0 Å². The maximum Gasteiger partial charge on any atom is 0.267 e. The Kier molecular flexibility index (Phi) is 8.53. The molecule has 0 saturated carbocycles. The lowest BCUT2D eigenvalue weighted by Gasteiger charge is -2.13. The number of thiol groups is 1. The van der Waals surface area contributed by atoms with Gasteiger partial charge in [0, 0.05) is 5.56 Å². The number of aliphatic hydroxyl groups excluding tert-OH is 1. The Morgan fingerprint density at radius 3 is 1.88 bits per heavy atom. The van der Waals surface area contributed by atoms with Gasteiger partial charge < -0.3 is 19.3 Å². The highest BCUT2D eigenvalue weighted by Crippen LogP contribution is 2.22. The summed E-state index contributed by atoms with van der Waals surface area (Å²) in [5.41, 5.74) is 3.02. The van der Waals surface area contributed by atoms with Gasteiger partial charge in [0.05, 0.1) is 6.61 Å². The highest BCUT2D eigenvalue weighted by molar-refractivity contribution is 7.78. The Morgan fingerprint density at radius 2 is 1.38 bits per heavy atom. The minimum absolute atomic E-state index is 0.0270. The van der Waals surface area contributed by atoms with Crippen molar-refractivity contribution in [2.24, 2.45) is 0 Å². The maximum absolute atomic E-state index is 11.5. The van der Waals surface area contributed by atoms with Crippen molar-refractivity contribution in [1.82, 2.24) is 4.72 Å². The van der Waals surface area contributed by atoms with Gasteiger partial charge in [-0.2, -0.15) is 0 Å². The van der Waals surface area contributed by atoms with Crippen molar-refractivity contribution in [3.8, 4) is 17.2 Å². The molecule has 8 heteroatoms. The van der Waals surface area contributed by atoms with E-state index in [0.717, 1.165) is 23.0 Å². The molecule has 2 N–H and O–H groups in total. The topological polar surface area (TPSA) is 94.1 Å². The van der Waals surface area contributed by atoms with E-state index < -0.39 is 0 Å². The van der Waals surface area contributed by atoms with Gasteiger partial charge in [-0.1, -0.05) is 24.9 Å². The average molecular weight is 454 g/mol. The van der Waals surface area contributed by atoms with Crippen LogP contribution >= 0.6 is 12.8 Å². The SMILES string of the molecule is O=Cc1ccc(OCc2cc(COc3ccc(CO)cc3)cc(OCC(=O)NS)c2)cc1. The number of hydrogen-bond acceptors (Lipinski definition) is 7. The van der Waals surface area contributed by atoms with Gasteiger partial charge in [0.1, 0.15) is 36.7 Å². The molecular formula is C24H23NO6S. The largest absolute Gasteiger partial charge is 0.489 e. The van der Waals surface area contributed by atoms with E-state index in [1.165, 1.54) is 0 Å². The summed E-state index contributed by atoms with van der Waals surface area (Å²) in [4.78, 5) is 22.3. The van der Waals surface area contributed by atoms with Crippen LogP contribution in [0, 0.1) is 0 Å². The van der Waals surface area contributed by atoms with Crippen molar-refractivity contribution in [3.05, 3.63) is 89.0 Å². The molecule has 0 heterocycles. The molecule has 3 rings (SSSR count). The van der Waals surface area contributed by atoms with E-state index in [0.29, 0.717) is 22.8 Å². The molecule has 0 atom stereocenters. The lowest BCUT2D eigenvalue weighted by atomic mass is 10.1. The molecule has 0 aromatic heterocycles. The molecule has 7 nitrogen and oxygen atoms in total. The number of amides is 1. The molecule has 0 saturated heterocycles. The molecule has 0 bridgehead atoms. The Labute approximate surface area is 191 Å². The van der Waals surface area contributed by atoms with Crippen LogP contribution in [0.3, 0.4) is 0 Å². The monoisotopic (exact) mass is 453 g/mol. The number of nitrogens with one attached hydrogen (secondary N) is 1. The number of hydrogen-bond donors (Lipinski definition) is 3. The number of aldehydes is 1. The van der Waals surface area contributed by atoms with E-state index in [4.69, 9.17) is 19.3 Å². The van der Waals surface area contributed by atoms with Crippen LogP contribution in [-0.2, 0) is 24.6 Å². The molecule has 0 unspecified atom stereocenters. The van der Waals surface area contributed by atoms with Gasteiger partial charge in [0.15, 0.2) is 6.61 Å². The molecule has 166 valence electrons. The van der Waals surface area contributed by atoms with E-state index in [9.17, 15) is 9.59 Å². The fourth-order valence-corrected chi connectivity index (χ4v) is 2.89. The number of ether oxygens (including phenoxy) is 3. The van der Waals surface area contributed by atoms with Gasteiger partial charge in [-0.05, 0) is 71.3 Å². The van der Waals surface area contributed by atoms with Gasteiger partial charge in [0.2, 0.25) is 0 Å². The fraction of sp³-hybridized carbons (Fsp3) is 0.167. The van der Waals surface area contributed by atoms with E-state index in [2.05, 4.69) is 17.5 Å². The number of carbonyl (C=O) groups is 2. The van der Waals surface area contributed by atoms with Crippen LogP contribution in [0.15, 0.2) is 66.7 Å². The molecule has 3 aromatic rings. The number of benzene rings is 3. The molecule has 0 spiro atoms. The molecule has 0 fully saturated rings. The highest BCUT2D eigenvalue weighted by Gasteiger charge is 2.07. The summed E-state index contributed by atoms with van der Waals surface area (Å²) in [7, 11) is 0. The van der Waals surface area contributed by atoms with Crippen LogP contribution in [-0.4, -0.2) is 23.9 Å². The zero-order valence-electron chi connectivity index (χ0n) is 17.2. The van der Waals surface area contributed by atoms with Crippen LogP contribution in [0.4, 0.5) is 0 Å². The predicted molar refractivity (Wildman–Crippen MR) is 122 cm³/mol. The standard InChI is InChI=1S/C24H23NO6S/c26-12-17-1-5-21(6-2-17)29-14-19-9-20(11-23(10-19)31-16-24(28)25-32)15-30-22-7-3-18(13-27)4-8-22/h1-12,27,32H,13-16H2,(H,25,28). The van der Waals surface area contributed by atoms with Crippen LogP contribution in [0.1, 0.15) is 27.0 Å². The first-order valence-electron chi connectivity index (χ1n) is 9.79. The Hall–Kier alpha value is -3.49. The summed E-state index contributed by atoms with van der Waals surface area (Å²) < 4.78 is 19.4. The molecule has 1 amide bonds. The minimum Gasteiger partial charge on any atom is -0.489 e. The fourth-order valence-electron chi connectivity index (χ4n) is 2.83. The smallest absolute Gasteiger partial charge is 0.267 e. The number of aliphatic hydroxyl groups is 1. The van der Waals surface area contributed by atoms with Crippen molar-refractivity contribution in [1.29, 1.82) is 0 Å². The normalized spacial score (nSPS) is 10.3. The summed E-state index contributed by atoms with van der Waals surface area (Å²) in [6, 6.07) is 19.5. The van der Waals surface area contributed by atoms with Gasteiger partial charge >= 0.3 is 0 Å². The summed E-state index contributed by atoms with van der Waals surface area (Å²) in [5.74, 6) is 1.41. The first-order valence-corrected chi connectivity index (χ1v) is 10.2. The minimum atomic E-state index is -0.368. The molecular weight excluding hydrogens is 430 g/mol. The first kappa shape index (κ1) is 23.2. The van der Waals surface area contributed by atoms with Crippen molar-refractivity contribution in [2.75, 3.05) is 6.61 Å². The number of carbonyl (C=O) groups excluding carboxylic acids is 2. The van der Waals surface area contributed by atoms with Gasteiger partial charge in [-0.25, -0.2) is 0 Å². The van der Waals surface area contributed by atoms with E-state index in [1.807, 2.05) is 6.07 Å². The van der Waals surface area contributed by atoms with Crippen molar-refractivity contribution in [2.45, 2.75) is 19.8 Å². The predicted octanol–water partition coefficient (Wildman–Crippen LogP) is 3.49. The Morgan fingerprint density at radius 1 is 0.812 bits per heavy atom. The van der Waals surface area contributed by atoms with E-state index in [-0.39, 0.29) is 32.3 Å². The van der Waals surface area contributed by atoms with Crippen molar-refractivity contribution in [3.63, 3.8) is 0 Å². The zero-order chi connectivity index (χ0) is 22.8. The van der Waals surface area contributed by atoms with Crippen molar-refractivity contribution < 1.29 is 28.9 Å². The van der Waals surface area contributed by atoms with E-state index in [1.54, 1.807) is 60.7 Å². The zero-order valence-corrected chi connectivity index (χ0v) is 18.1. The Bertz CT molecular complexity index is 1040. The summed E-state index contributed by atoms with van der Waals surface area (Å²) in [6.07, 6.45) is 0.773. The quantitative estimate of drug-likeness (QED) is 0.304. The average Bonchev–Trinajstić information content (AvgIpc) is 2.85. The van der Waals surface area contributed by atoms with Crippen LogP contribution < -0.4 is 18.9 Å². The summed E-state index contributed by atoms with van der Waals surface area (Å²) in [5, 5.41) is 9.15. The lowest BCUT2D eigenvalue weighted by molar-refractivity contribution is -0.121. The van der Waals surface area contributed by atoms with Crippen LogP contribution in [0.2, 0.25) is 0 Å². The molecule has 0 aliphatic heterocycles. The van der Waals surface area contributed by atoms with Crippen LogP contribution in [0.25, 0.3) is 0 Å². The van der Waals surface area contributed by atoms with Gasteiger partial charge in [0.25, 0.3) is 5.91 Å². The van der Waals surface area contributed by atoms with Gasteiger partial charge in [-0.3, -0.25) is 14.3 Å². The third-order valence-electron chi connectivity index (χ3n) is 4.45. The summed E-state index contributed by atoms with van der Waals surface area (Å²) in [6.45, 7) is 0.328. The third kappa shape index (κ3) is 7.04. The molecule has 32 heavy (non-hydrogen) atoms. The maximum atomic E-state index is 11.5. The lowest BCUT2D eigenvalue weighted by Crippen LogP contribution is -2.21. The Balaban J connectivity index is 1.71. The summed E-state index contributed by atoms with van der Waals surface area (Å²) >= 11 is 3.72. The molecule has 0 aliphatic carbocycles. The van der Waals surface area contributed by atoms with E-state index >= 15 is 0 Å².